The van der Waals surface area contributed by atoms with E-state index in [1.807, 2.05) is 11.6 Å². The summed E-state index contributed by atoms with van der Waals surface area (Å²) < 4.78 is 8.64. The Kier molecular flexibility index (Phi) is 6.46. The zero-order valence-electron chi connectivity index (χ0n) is 12.4. The van der Waals surface area contributed by atoms with Crippen LogP contribution in [0.1, 0.15) is 32.2 Å². The number of rotatable bonds is 7. The molecule has 19 heavy (non-hydrogen) atoms. The van der Waals surface area contributed by atoms with Gasteiger partial charge in [0.1, 0.15) is 0 Å². The zero-order valence-corrected chi connectivity index (χ0v) is 14.0. The highest BCUT2D eigenvalue weighted by atomic mass is 79.9. The van der Waals surface area contributed by atoms with Gasteiger partial charge in [-0.25, -0.2) is 0 Å². The van der Waals surface area contributed by atoms with E-state index < -0.39 is 0 Å². The number of aryl methyl sites for hydroxylation is 2. The predicted molar refractivity (Wildman–Crippen MR) is 80.8 cm³/mol. The molecule has 1 rings (SSSR count). The molecule has 0 aliphatic heterocycles. The van der Waals surface area contributed by atoms with Crippen molar-refractivity contribution in [3.63, 3.8) is 0 Å². The number of nitrogens with zero attached hydrogens (tertiary/aromatic N) is 2. The number of nitrogens with two attached hydrogens (primary N) is 1. The fourth-order valence-electron chi connectivity index (χ4n) is 2.44. The molecule has 0 aromatic carbocycles. The first-order valence-electron chi connectivity index (χ1n) is 6.66. The first kappa shape index (κ1) is 16.6. The van der Waals surface area contributed by atoms with E-state index in [-0.39, 0.29) is 12.1 Å². The first-order chi connectivity index (χ1) is 8.96. The van der Waals surface area contributed by atoms with Crippen LogP contribution in [0.5, 0.6) is 0 Å². The second kappa shape index (κ2) is 7.38. The van der Waals surface area contributed by atoms with Crippen molar-refractivity contribution in [2.45, 2.75) is 52.8 Å². The Morgan fingerprint density at radius 2 is 2.11 bits per heavy atom. The van der Waals surface area contributed by atoms with Gasteiger partial charge in [0.15, 0.2) is 0 Å². The van der Waals surface area contributed by atoms with Crippen LogP contribution in [-0.4, -0.2) is 29.0 Å². The van der Waals surface area contributed by atoms with Crippen LogP contribution in [0.15, 0.2) is 4.47 Å². The highest BCUT2D eigenvalue weighted by Crippen LogP contribution is 2.24. The van der Waals surface area contributed by atoms with Crippen molar-refractivity contribution in [2.24, 2.45) is 11.8 Å². The summed E-state index contributed by atoms with van der Waals surface area (Å²) >= 11 is 3.61. The fraction of sp³-hybridized carbons (Fsp3) is 0.769. The van der Waals surface area contributed by atoms with Crippen molar-refractivity contribution in [3.8, 4) is 0 Å². The van der Waals surface area contributed by atoms with Crippen LogP contribution in [0, 0.1) is 12.8 Å². The molecule has 0 amide bonds. The predicted octanol–water partition coefficient (Wildman–Crippen LogP) is 2.02. The molecule has 6 heteroatoms. The van der Waals surface area contributed by atoms with Crippen molar-refractivity contribution < 1.29 is 4.74 Å². The molecule has 2 atom stereocenters. The van der Waals surface area contributed by atoms with Crippen molar-refractivity contribution in [2.75, 3.05) is 7.11 Å². The molecule has 1 aromatic heterocycles. The lowest BCUT2D eigenvalue weighted by atomic mass is 9.96. The second-order valence-electron chi connectivity index (χ2n) is 5.08. The minimum atomic E-state index is 0.0581. The molecule has 0 spiro atoms. The van der Waals surface area contributed by atoms with E-state index >= 15 is 0 Å². The number of halogens is 1. The number of aromatic nitrogens is 2. The summed E-state index contributed by atoms with van der Waals surface area (Å²) in [5.41, 5.74) is 5.05. The van der Waals surface area contributed by atoms with E-state index in [9.17, 15) is 0 Å². The molecule has 1 aromatic rings. The van der Waals surface area contributed by atoms with Gasteiger partial charge in [0, 0.05) is 20.1 Å². The number of hydrogen-bond acceptors (Lipinski definition) is 4. The van der Waals surface area contributed by atoms with E-state index in [1.165, 1.54) is 0 Å². The second-order valence-corrected chi connectivity index (χ2v) is 5.88. The smallest absolute Gasteiger partial charge is 0.0764 e. The van der Waals surface area contributed by atoms with E-state index in [4.69, 9.17) is 10.6 Å². The molecule has 0 saturated carbocycles. The van der Waals surface area contributed by atoms with Crippen LogP contribution in [0.25, 0.3) is 0 Å². The highest BCUT2D eigenvalue weighted by molar-refractivity contribution is 9.10. The number of hydrogen-bond donors (Lipinski definition) is 2. The monoisotopic (exact) mass is 332 g/mol. The maximum atomic E-state index is 5.71. The minimum Gasteiger partial charge on any atom is -0.380 e. The molecular weight excluding hydrogens is 308 g/mol. The highest BCUT2D eigenvalue weighted by Gasteiger charge is 2.26. The van der Waals surface area contributed by atoms with Gasteiger partial charge in [-0.05, 0) is 35.7 Å². The summed E-state index contributed by atoms with van der Waals surface area (Å²) in [6.45, 7) is 9.20. The third-order valence-corrected chi connectivity index (χ3v) is 4.44. The third kappa shape index (κ3) is 3.78. The third-order valence-electron chi connectivity index (χ3n) is 3.41. The van der Waals surface area contributed by atoms with E-state index in [0.29, 0.717) is 5.92 Å². The zero-order chi connectivity index (χ0) is 14.6. The molecule has 0 radical (unpaired) electrons. The molecule has 0 aliphatic rings. The fourth-order valence-corrected chi connectivity index (χ4v) is 2.89. The van der Waals surface area contributed by atoms with Gasteiger partial charge >= 0.3 is 0 Å². The van der Waals surface area contributed by atoms with Crippen molar-refractivity contribution >= 4 is 15.9 Å². The summed E-state index contributed by atoms with van der Waals surface area (Å²) in [5, 5.41) is 4.51. The Hall–Kier alpha value is -0.430. The topological polar surface area (TPSA) is 65.1 Å². The van der Waals surface area contributed by atoms with Crippen LogP contribution < -0.4 is 11.3 Å². The van der Waals surface area contributed by atoms with Gasteiger partial charge in [-0.1, -0.05) is 13.8 Å². The molecule has 1 heterocycles. The molecular formula is C13H25BrN4O. The molecule has 0 bridgehead atoms. The number of nitrogens with one attached hydrogen (secondary N) is 1. The first-order valence-corrected chi connectivity index (χ1v) is 7.46. The van der Waals surface area contributed by atoms with Crippen LogP contribution in [0.2, 0.25) is 0 Å². The summed E-state index contributed by atoms with van der Waals surface area (Å²) in [6.07, 6.45) is 0.847. The Morgan fingerprint density at radius 1 is 1.47 bits per heavy atom. The van der Waals surface area contributed by atoms with Crippen molar-refractivity contribution in [1.29, 1.82) is 0 Å². The largest absolute Gasteiger partial charge is 0.380 e. The standard InChI is InChI=1S/C13H25BrN4O/c1-6-18-11(12(14)9(4)17-18)7-10(16-15)13(19-5)8(2)3/h8,10,13,16H,6-7,15H2,1-5H3. The molecule has 0 fully saturated rings. The summed E-state index contributed by atoms with van der Waals surface area (Å²) in [5.74, 6) is 6.10. The summed E-state index contributed by atoms with van der Waals surface area (Å²) in [6, 6.07) is 0.0581. The van der Waals surface area contributed by atoms with Gasteiger partial charge in [0.25, 0.3) is 0 Å². The lowest BCUT2D eigenvalue weighted by Gasteiger charge is -2.28. The Labute approximate surface area is 124 Å². The number of methoxy groups -OCH3 is 1. The van der Waals surface area contributed by atoms with E-state index in [1.54, 1.807) is 7.11 Å². The maximum absolute atomic E-state index is 5.71. The normalized spacial score (nSPS) is 14.9. The lowest BCUT2D eigenvalue weighted by Crippen LogP contribution is -2.48. The average molecular weight is 333 g/mol. The van der Waals surface area contributed by atoms with Gasteiger partial charge < -0.3 is 4.74 Å². The van der Waals surface area contributed by atoms with Crippen molar-refractivity contribution in [3.05, 3.63) is 15.9 Å². The van der Waals surface area contributed by atoms with Gasteiger partial charge in [-0.15, -0.1) is 0 Å². The van der Waals surface area contributed by atoms with E-state index in [2.05, 4.69) is 47.2 Å². The molecule has 3 N–H and O–H groups in total. The van der Waals surface area contributed by atoms with Gasteiger partial charge in [0.2, 0.25) is 0 Å². The summed E-state index contributed by atoms with van der Waals surface area (Å²) in [4.78, 5) is 0. The minimum absolute atomic E-state index is 0.0581. The number of ether oxygens (including phenoxy) is 1. The summed E-state index contributed by atoms with van der Waals surface area (Å²) in [7, 11) is 1.73. The maximum Gasteiger partial charge on any atom is 0.0764 e. The Bertz CT molecular complexity index is 406. The van der Waals surface area contributed by atoms with Crippen molar-refractivity contribution in [1.82, 2.24) is 15.2 Å². The van der Waals surface area contributed by atoms with E-state index in [0.717, 1.165) is 28.8 Å². The molecule has 110 valence electrons. The van der Waals surface area contributed by atoms with Crippen LogP contribution in [-0.2, 0) is 17.7 Å². The van der Waals surface area contributed by atoms with Crippen LogP contribution in [0.4, 0.5) is 0 Å². The Balaban J connectivity index is 2.98. The van der Waals surface area contributed by atoms with Gasteiger partial charge in [-0.2, -0.15) is 5.10 Å². The number of hydrazine groups is 1. The molecule has 0 saturated heterocycles. The Morgan fingerprint density at radius 3 is 2.53 bits per heavy atom. The lowest BCUT2D eigenvalue weighted by molar-refractivity contribution is 0.0326. The van der Waals surface area contributed by atoms with Crippen LogP contribution in [0.3, 0.4) is 0 Å². The quantitative estimate of drug-likeness (QED) is 0.592. The van der Waals surface area contributed by atoms with Crippen LogP contribution >= 0.6 is 15.9 Å². The van der Waals surface area contributed by atoms with Gasteiger partial charge in [0.05, 0.1) is 28.0 Å². The molecule has 0 aliphatic carbocycles. The molecule has 2 unspecified atom stereocenters. The SMILES string of the molecule is CCn1nc(C)c(Br)c1CC(NN)C(OC)C(C)C. The molecule has 5 nitrogen and oxygen atoms in total. The van der Waals surface area contributed by atoms with Gasteiger partial charge in [-0.3, -0.25) is 16.0 Å². The average Bonchev–Trinajstić information content (AvgIpc) is 2.65.